The van der Waals surface area contributed by atoms with Crippen molar-refractivity contribution in [3.05, 3.63) is 16.0 Å². The number of nitrogens with two attached hydrogens (primary N) is 1. The number of halogens is 1. The van der Waals surface area contributed by atoms with Gasteiger partial charge < -0.3 is 10.6 Å². The number of anilines is 1. The molecule has 0 aliphatic heterocycles. The minimum atomic E-state index is 0.0119. The van der Waals surface area contributed by atoms with Crippen molar-refractivity contribution in [2.45, 2.75) is 6.92 Å². The number of nitrogens with one attached hydrogen (secondary N) is 1. The number of hydrogen-bond acceptors (Lipinski definition) is 4. The van der Waals surface area contributed by atoms with Crippen LogP contribution in [-0.2, 0) is 0 Å². The minimum absolute atomic E-state index is 0.0119. The van der Waals surface area contributed by atoms with E-state index in [2.05, 4.69) is 32.6 Å². The van der Waals surface area contributed by atoms with Gasteiger partial charge in [0.25, 0.3) is 0 Å². The van der Waals surface area contributed by atoms with Gasteiger partial charge in [-0.3, -0.25) is 5.41 Å². The first-order valence-corrected chi connectivity index (χ1v) is 5.61. The maximum atomic E-state index is 7.30. The molecule has 0 spiro atoms. The minimum Gasteiger partial charge on any atom is -0.387 e. The van der Waals surface area contributed by atoms with Gasteiger partial charge in [0.15, 0.2) is 0 Å². The van der Waals surface area contributed by atoms with Gasteiger partial charge in [0, 0.05) is 35.5 Å². The molecule has 3 N–H and O–H groups in total. The summed E-state index contributed by atoms with van der Waals surface area (Å²) in [7, 11) is 1.89. The molecular weight excluding hydrogens is 305 g/mol. The molecule has 82 valence electrons. The molecule has 6 heteroatoms. The van der Waals surface area contributed by atoms with Crippen LogP contribution in [0, 0.1) is 14.9 Å². The third kappa shape index (κ3) is 3.61. The van der Waals surface area contributed by atoms with E-state index in [4.69, 9.17) is 11.1 Å². The van der Waals surface area contributed by atoms with Crippen LogP contribution in [0.3, 0.4) is 0 Å². The summed E-state index contributed by atoms with van der Waals surface area (Å²) < 4.78 is 1.00. The molecule has 0 aromatic carbocycles. The number of aromatic nitrogens is 2. The summed E-state index contributed by atoms with van der Waals surface area (Å²) in [6.45, 7) is 2.56. The Morgan fingerprint density at radius 1 is 1.60 bits per heavy atom. The summed E-state index contributed by atoms with van der Waals surface area (Å²) in [4.78, 5) is 10.3. The van der Waals surface area contributed by atoms with Gasteiger partial charge in [0.05, 0.1) is 5.84 Å². The lowest BCUT2D eigenvalue weighted by atomic mass is 10.1. The molecule has 0 aliphatic carbocycles. The van der Waals surface area contributed by atoms with Gasteiger partial charge in [0.2, 0.25) is 5.95 Å². The summed E-state index contributed by atoms with van der Waals surface area (Å²) in [6.07, 6.45) is 3.52. The van der Waals surface area contributed by atoms with Crippen molar-refractivity contribution in [3.63, 3.8) is 0 Å². The van der Waals surface area contributed by atoms with Crippen molar-refractivity contribution in [3.8, 4) is 0 Å². The van der Waals surface area contributed by atoms with E-state index in [1.165, 1.54) is 0 Å². The number of nitrogens with zero attached hydrogens (tertiary/aromatic N) is 3. The van der Waals surface area contributed by atoms with E-state index in [1.807, 2.05) is 18.9 Å². The largest absolute Gasteiger partial charge is 0.387 e. The Balaban J connectivity index is 2.64. The average Bonchev–Trinajstić information content (AvgIpc) is 2.18. The molecule has 1 aromatic rings. The predicted molar refractivity (Wildman–Crippen MR) is 69.1 cm³/mol. The molecule has 1 unspecified atom stereocenters. The van der Waals surface area contributed by atoms with Gasteiger partial charge in [-0.2, -0.15) is 0 Å². The summed E-state index contributed by atoms with van der Waals surface area (Å²) >= 11 is 2.16. The first kappa shape index (κ1) is 12.2. The molecule has 0 saturated heterocycles. The van der Waals surface area contributed by atoms with Crippen LogP contribution in [0.15, 0.2) is 12.4 Å². The van der Waals surface area contributed by atoms with E-state index < -0.39 is 0 Å². The molecule has 1 rings (SSSR count). The lowest BCUT2D eigenvalue weighted by molar-refractivity contribution is 0.714. The number of rotatable bonds is 4. The van der Waals surface area contributed by atoms with Crippen molar-refractivity contribution in [1.29, 1.82) is 5.41 Å². The fraction of sp³-hybridized carbons (Fsp3) is 0.444. The molecule has 1 atom stereocenters. The van der Waals surface area contributed by atoms with Crippen LogP contribution in [0.2, 0.25) is 0 Å². The number of amidine groups is 1. The van der Waals surface area contributed by atoms with E-state index in [0.29, 0.717) is 12.5 Å². The van der Waals surface area contributed by atoms with Crippen LogP contribution in [0.5, 0.6) is 0 Å². The zero-order valence-corrected chi connectivity index (χ0v) is 10.9. The van der Waals surface area contributed by atoms with Crippen molar-refractivity contribution in [2.75, 3.05) is 18.5 Å². The highest BCUT2D eigenvalue weighted by atomic mass is 127. The summed E-state index contributed by atoms with van der Waals surface area (Å²) in [5.41, 5.74) is 5.40. The van der Waals surface area contributed by atoms with Crippen molar-refractivity contribution in [1.82, 2.24) is 9.97 Å². The monoisotopic (exact) mass is 319 g/mol. The topological polar surface area (TPSA) is 78.9 Å². The third-order valence-corrected chi connectivity index (χ3v) is 2.58. The van der Waals surface area contributed by atoms with Gasteiger partial charge in [-0.25, -0.2) is 9.97 Å². The van der Waals surface area contributed by atoms with E-state index in [-0.39, 0.29) is 11.8 Å². The predicted octanol–water partition coefficient (Wildman–Crippen LogP) is 1.09. The number of hydrogen-bond donors (Lipinski definition) is 2. The normalized spacial score (nSPS) is 12.2. The van der Waals surface area contributed by atoms with Crippen LogP contribution in [0.1, 0.15) is 6.92 Å². The highest BCUT2D eigenvalue weighted by molar-refractivity contribution is 14.1. The Labute approximate surface area is 103 Å². The van der Waals surface area contributed by atoms with Crippen LogP contribution in [0.4, 0.5) is 5.95 Å². The molecule has 5 nitrogen and oxygen atoms in total. The van der Waals surface area contributed by atoms with Crippen LogP contribution in [0.25, 0.3) is 0 Å². The molecule has 0 bridgehead atoms. The molecule has 0 saturated carbocycles. The van der Waals surface area contributed by atoms with E-state index >= 15 is 0 Å². The lowest BCUT2D eigenvalue weighted by Crippen LogP contribution is -2.32. The Morgan fingerprint density at radius 2 is 2.13 bits per heavy atom. The van der Waals surface area contributed by atoms with Crippen LogP contribution < -0.4 is 10.6 Å². The Hall–Kier alpha value is -0.920. The van der Waals surface area contributed by atoms with E-state index in [9.17, 15) is 0 Å². The maximum absolute atomic E-state index is 7.30. The van der Waals surface area contributed by atoms with Gasteiger partial charge in [0.1, 0.15) is 0 Å². The third-order valence-electron chi connectivity index (χ3n) is 2.03. The molecule has 0 amide bonds. The van der Waals surface area contributed by atoms with Gasteiger partial charge >= 0.3 is 0 Å². The smallest absolute Gasteiger partial charge is 0.225 e. The Morgan fingerprint density at radius 3 is 2.60 bits per heavy atom. The quantitative estimate of drug-likeness (QED) is 0.495. The van der Waals surface area contributed by atoms with E-state index in [1.54, 1.807) is 12.4 Å². The summed E-state index contributed by atoms with van der Waals surface area (Å²) in [6, 6.07) is 0. The van der Waals surface area contributed by atoms with Crippen molar-refractivity contribution < 1.29 is 0 Å². The SMILES string of the molecule is CC(CN(C)c1ncc(I)cn1)C(=N)N. The van der Waals surface area contributed by atoms with Crippen molar-refractivity contribution >= 4 is 34.4 Å². The first-order chi connectivity index (χ1) is 7.00. The molecular formula is C9H14IN5. The van der Waals surface area contributed by atoms with Crippen LogP contribution >= 0.6 is 22.6 Å². The molecule has 1 aromatic heterocycles. The second-order valence-corrected chi connectivity index (χ2v) is 4.68. The summed E-state index contributed by atoms with van der Waals surface area (Å²) in [5.74, 6) is 0.855. The lowest BCUT2D eigenvalue weighted by Gasteiger charge is -2.20. The fourth-order valence-corrected chi connectivity index (χ4v) is 1.37. The summed E-state index contributed by atoms with van der Waals surface area (Å²) in [5, 5.41) is 7.30. The highest BCUT2D eigenvalue weighted by Gasteiger charge is 2.11. The van der Waals surface area contributed by atoms with Gasteiger partial charge in [-0.1, -0.05) is 6.92 Å². The van der Waals surface area contributed by atoms with Gasteiger partial charge in [-0.15, -0.1) is 0 Å². The Kier molecular flexibility index (Phi) is 4.25. The Bertz CT molecular complexity index is 337. The maximum Gasteiger partial charge on any atom is 0.225 e. The zero-order valence-electron chi connectivity index (χ0n) is 8.74. The highest BCUT2D eigenvalue weighted by Crippen LogP contribution is 2.08. The molecule has 1 heterocycles. The fourth-order valence-electron chi connectivity index (χ4n) is 1.09. The molecule has 15 heavy (non-hydrogen) atoms. The first-order valence-electron chi connectivity index (χ1n) is 4.53. The average molecular weight is 319 g/mol. The van der Waals surface area contributed by atoms with E-state index in [0.717, 1.165) is 3.57 Å². The molecule has 0 radical (unpaired) electrons. The van der Waals surface area contributed by atoms with Crippen molar-refractivity contribution in [2.24, 2.45) is 11.7 Å². The molecule has 0 fully saturated rings. The van der Waals surface area contributed by atoms with Crippen LogP contribution in [-0.4, -0.2) is 29.4 Å². The second kappa shape index (κ2) is 5.24. The second-order valence-electron chi connectivity index (χ2n) is 3.44. The molecule has 0 aliphatic rings. The van der Waals surface area contributed by atoms with Gasteiger partial charge in [-0.05, 0) is 22.6 Å². The zero-order chi connectivity index (χ0) is 11.4. The standard InChI is InChI=1S/C9H14IN5/c1-6(8(11)12)5-15(2)9-13-3-7(10)4-14-9/h3-4,6H,5H2,1-2H3,(H3,11,12).